The molecule has 0 radical (unpaired) electrons. The Morgan fingerprint density at radius 2 is 2.08 bits per heavy atom. The van der Waals surface area contributed by atoms with Crippen LogP contribution in [0.1, 0.15) is 36.3 Å². The fourth-order valence-electron chi connectivity index (χ4n) is 3.59. The van der Waals surface area contributed by atoms with E-state index in [1.54, 1.807) is 20.1 Å². The van der Waals surface area contributed by atoms with E-state index in [-0.39, 0.29) is 29.1 Å². The molecular weight excluding hydrogens is 321 g/mol. The zero-order valence-electron chi connectivity index (χ0n) is 14.0. The van der Waals surface area contributed by atoms with Gasteiger partial charge in [0.25, 0.3) is 0 Å². The maximum Gasteiger partial charge on any atom is 0.420 e. The first kappa shape index (κ1) is 17.2. The number of benzene rings is 1. The molecule has 4 nitrogen and oxygen atoms in total. The second-order valence-corrected chi connectivity index (χ2v) is 6.41. The van der Waals surface area contributed by atoms with Crippen LogP contribution in [-0.2, 0) is 17.5 Å². The minimum Gasteiger partial charge on any atom is -0.440 e. The highest BCUT2D eigenvalue weighted by molar-refractivity contribution is 5.78. The monoisotopic (exact) mass is 342 g/mol. The largest absolute Gasteiger partial charge is 0.440 e. The van der Waals surface area contributed by atoms with Gasteiger partial charge in [-0.15, -0.1) is 0 Å². The van der Waals surface area contributed by atoms with Gasteiger partial charge in [0.05, 0.1) is 6.10 Å². The fraction of sp³-hybridized carbons (Fsp3) is 0.588. The molecule has 0 saturated heterocycles. The van der Waals surface area contributed by atoms with Gasteiger partial charge in [0, 0.05) is 26.6 Å². The van der Waals surface area contributed by atoms with E-state index in [1.807, 2.05) is 7.05 Å². The number of halogens is 3. The van der Waals surface area contributed by atoms with Gasteiger partial charge < -0.3 is 9.15 Å². The molecule has 0 bridgehead atoms. The zero-order chi connectivity index (χ0) is 17.5. The predicted octanol–water partition coefficient (Wildman–Crippen LogP) is 4.15. The van der Waals surface area contributed by atoms with Crippen molar-refractivity contribution in [2.75, 3.05) is 14.2 Å². The Hall–Kier alpha value is -1.60. The van der Waals surface area contributed by atoms with Crippen LogP contribution in [-0.4, -0.2) is 36.2 Å². The third kappa shape index (κ3) is 3.28. The van der Waals surface area contributed by atoms with E-state index in [1.165, 1.54) is 6.07 Å². The topological polar surface area (TPSA) is 38.5 Å². The lowest BCUT2D eigenvalue weighted by atomic mass is 10.1. The molecule has 2 aromatic rings. The van der Waals surface area contributed by atoms with E-state index < -0.39 is 11.7 Å². The van der Waals surface area contributed by atoms with Gasteiger partial charge in [0.1, 0.15) is 11.1 Å². The van der Waals surface area contributed by atoms with Gasteiger partial charge in [-0.25, -0.2) is 4.98 Å². The number of aromatic nitrogens is 1. The molecule has 0 N–H and O–H groups in total. The lowest BCUT2D eigenvalue weighted by Crippen LogP contribution is -2.38. The minimum absolute atomic E-state index is 0.134. The summed E-state index contributed by atoms with van der Waals surface area (Å²) in [5.41, 5.74) is -0.131. The Kier molecular flexibility index (Phi) is 4.57. The van der Waals surface area contributed by atoms with Gasteiger partial charge in [-0.05, 0) is 44.0 Å². The van der Waals surface area contributed by atoms with Gasteiger partial charge in [0.2, 0.25) is 0 Å². The molecule has 0 aliphatic heterocycles. The van der Waals surface area contributed by atoms with Gasteiger partial charge in [0.15, 0.2) is 11.5 Å². The second-order valence-electron chi connectivity index (χ2n) is 6.41. The van der Waals surface area contributed by atoms with Crippen LogP contribution in [0.25, 0.3) is 11.1 Å². The van der Waals surface area contributed by atoms with Crippen LogP contribution in [0.4, 0.5) is 13.2 Å². The SMILES string of the molecule is CO[C@H]1CCC[C@H]1N(C)Cc1cc(C(F)(F)F)c2oc(C)nc2c1. The summed E-state index contributed by atoms with van der Waals surface area (Å²) in [4.78, 5) is 6.14. The highest BCUT2D eigenvalue weighted by Gasteiger charge is 2.36. The first-order chi connectivity index (χ1) is 11.3. The van der Waals surface area contributed by atoms with Gasteiger partial charge in [-0.1, -0.05) is 0 Å². The summed E-state index contributed by atoms with van der Waals surface area (Å²) < 4.78 is 50.7. The van der Waals surface area contributed by atoms with Crippen molar-refractivity contribution in [3.05, 3.63) is 29.2 Å². The standard InChI is InChI=1S/C17H21F3N2O2/c1-10-21-13-8-11(7-12(16(13)24-10)17(18,19)20)9-22(2)14-5-4-6-15(14)23-3/h7-8,14-15H,4-6,9H2,1-3H3/t14-,15+/m1/s1. The molecule has 2 atom stereocenters. The number of oxazole rings is 1. The Morgan fingerprint density at radius 3 is 2.75 bits per heavy atom. The first-order valence-electron chi connectivity index (χ1n) is 8.00. The van der Waals surface area contributed by atoms with E-state index in [0.717, 1.165) is 19.3 Å². The molecule has 1 heterocycles. The molecule has 3 rings (SSSR count). The van der Waals surface area contributed by atoms with Crippen molar-refractivity contribution >= 4 is 11.1 Å². The molecule has 24 heavy (non-hydrogen) atoms. The normalized spacial score (nSPS) is 22.0. The van der Waals surface area contributed by atoms with Gasteiger partial charge in [-0.2, -0.15) is 13.2 Å². The first-order valence-corrected chi connectivity index (χ1v) is 8.00. The van der Waals surface area contributed by atoms with Crippen molar-refractivity contribution in [2.45, 2.75) is 51.1 Å². The molecule has 0 spiro atoms. The molecule has 1 aliphatic rings. The number of hydrogen-bond acceptors (Lipinski definition) is 4. The predicted molar refractivity (Wildman–Crippen MR) is 83.7 cm³/mol. The molecular formula is C17H21F3N2O2. The number of hydrogen-bond donors (Lipinski definition) is 0. The van der Waals surface area contributed by atoms with E-state index in [0.29, 0.717) is 12.1 Å². The minimum atomic E-state index is -4.47. The molecule has 1 aliphatic carbocycles. The summed E-state index contributed by atoms with van der Waals surface area (Å²) in [6, 6.07) is 3.06. The number of nitrogens with zero attached hydrogens (tertiary/aromatic N) is 2. The van der Waals surface area contributed by atoms with E-state index in [2.05, 4.69) is 9.88 Å². The van der Waals surface area contributed by atoms with Crippen molar-refractivity contribution in [1.82, 2.24) is 9.88 Å². The van der Waals surface area contributed by atoms with Crippen LogP contribution in [0.3, 0.4) is 0 Å². The average molecular weight is 342 g/mol. The summed E-state index contributed by atoms with van der Waals surface area (Å²) in [5.74, 6) is 0.233. The summed E-state index contributed by atoms with van der Waals surface area (Å²) in [6.45, 7) is 1.96. The number of fused-ring (bicyclic) bond motifs is 1. The number of ether oxygens (including phenoxy) is 1. The smallest absolute Gasteiger partial charge is 0.420 e. The van der Waals surface area contributed by atoms with Crippen LogP contribution >= 0.6 is 0 Å². The van der Waals surface area contributed by atoms with Crippen molar-refractivity contribution in [2.24, 2.45) is 0 Å². The van der Waals surface area contributed by atoms with Crippen LogP contribution in [0.2, 0.25) is 0 Å². The Labute approximate surface area is 138 Å². The van der Waals surface area contributed by atoms with Crippen LogP contribution in [0.15, 0.2) is 16.5 Å². The summed E-state index contributed by atoms with van der Waals surface area (Å²) in [5, 5.41) is 0. The van der Waals surface area contributed by atoms with Crippen molar-refractivity contribution in [3.8, 4) is 0 Å². The molecule has 1 fully saturated rings. The lowest BCUT2D eigenvalue weighted by Gasteiger charge is -2.29. The molecule has 1 saturated carbocycles. The molecule has 0 amide bonds. The van der Waals surface area contributed by atoms with Crippen molar-refractivity contribution < 1.29 is 22.3 Å². The van der Waals surface area contributed by atoms with Crippen LogP contribution < -0.4 is 0 Å². The van der Waals surface area contributed by atoms with E-state index >= 15 is 0 Å². The maximum atomic E-state index is 13.3. The average Bonchev–Trinajstić information content (AvgIpc) is 3.10. The highest BCUT2D eigenvalue weighted by Crippen LogP contribution is 2.36. The second kappa shape index (κ2) is 6.37. The van der Waals surface area contributed by atoms with Crippen LogP contribution in [0.5, 0.6) is 0 Å². The molecule has 7 heteroatoms. The number of rotatable bonds is 4. The highest BCUT2D eigenvalue weighted by atomic mass is 19.4. The van der Waals surface area contributed by atoms with E-state index in [9.17, 15) is 13.2 Å². The quantitative estimate of drug-likeness (QED) is 0.836. The Morgan fingerprint density at radius 1 is 1.33 bits per heavy atom. The molecule has 1 aromatic carbocycles. The molecule has 0 unspecified atom stereocenters. The number of methoxy groups -OCH3 is 1. The summed E-state index contributed by atoms with van der Waals surface area (Å²) >= 11 is 0. The molecule has 132 valence electrons. The number of alkyl halides is 3. The summed E-state index contributed by atoms with van der Waals surface area (Å²) in [7, 11) is 3.61. The Bertz CT molecular complexity index is 726. The zero-order valence-corrected chi connectivity index (χ0v) is 14.0. The maximum absolute atomic E-state index is 13.3. The van der Waals surface area contributed by atoms with Gasteiger partial charge in [-0.3, -0.25) is 4.90 Å². The summed E-state index contributed by atoms with van der Waals surface area (Å²) in [6.07, 6.45) is -1.28. The van der Waals surface area contributed by atoms with Crippen LogP contribution in [0, 0.1) is 6.92 Å². The number of aryl methyl sites for hydroxylation is 1. The Balaban J connectivity index is 1.92. The van der Waals surface area contributed by atoms with E-state index in [4.69, 9.17) is 9.15 Å². The molecule has 1 aromatic heterocycles. The fourth-order valence-corrected chi connectivity index (χ4v) is 3.59. The third-order valence-corrected chi connectivity index (χ3v) is 4.68. The van der Waals surface area contributed by atoms with Crippen molar-refractivity contribution in [3.63, 3.8) is 0 Å². The van der Waals surface area contributed by atoms with Crippen molar-refractivity contribution in [1.29, 1.82) is 0 Å². The lowest BCUT2D eigenvalue weighted by molar-refractivity contribution is -0.136. The van der Waals surface area contributed by atoms with Gasteiger partial charge >= 0.3 is 6.18 Å². The number of likely N-dealkylation sites (N-methyl/N-ethyl adjacent to an activating group) is 1. The third-order valence-electron chi connectivity index (χ3n) is 4.68.